The van der Waals surface area contributed by atoms with E-state index in [1.807, 2.05) is 0 Å². The van der Waals surface area contributed by atoms with Crippen LogP contribution in [0.15, 0.2) is 12.2 Å². The van der Waals surface area contributed by atoms with Crippen LogP contribution >= 0.6 is 0 Å². The average molecular weight is 252 g/mol. The maximum absolute atomic E-state index is 9.22. The van der Waals surface area contributed by atoms with Gasteiger partial charge in [-0.25, -0.2) is 0 Å². The molecule has 0 aromatic carbocycles. The van der Waals surface area contributed by atoms with Crippen LogP contribution in [0, 0.1) is 0 Å². The third-order valence-corrected chi connectivity index (χ3v) is 4.12. The van der Waals surface area contributed by atoms with Gasteiger partial charge in [-0.05, 0) is 31.3 Å². The smallest absolute Gasteiger partial charge is 0.0558 e. The molecule has 0 unspecified atom stereocenters. The van der Waals surface area contributed by atoms with Gasteiger partial charge in [0.15, 0.2) is 0 Å². The van der Waals surface area contributed by atoms with Gasteiger partial charge in [-0.2, -0.15) is 0 Å². The van der Waals surface area contributed by atoms with E-state index in [-0.39, 0.29) is 6.61 Å². The molecule has 3 nitrogen and oxygen atoms in total. The molecular weight excluding hydrogens is 224 g/mol. The van der Waals surface area contributed by atoms with Gasteiger partial charge in [-0.15, -0.1) is 0 Å². The van der Waals surface area contributed by atoms with Crippen LogP contribution in [0.4, 0.5) is 0 Å². The van der Waals surface area contributed by atoms with Crippen LogP contribution in [0.1, 0.15) is 44.9 Å². The van der Waals surface area contributed by atoms with Crippen LogP contribution in [0.3, 0.4) is 0 Å². The zero-order chi connectivity index (χ0) is 12.8. The molecule has 2 N–H and O–H groups in total. The largest absolute Gasteiger partial charge is 0.395 e. The summed E-state index contributed by atoms with van der Waals surface area (Å²) in [6.07, 6.45) is 9.33. The van der Waals surface area contributed by atoms with E-state index in [2.05, 4.69) is 16.8 Å². The summed E-state index contributed by atoms with van der Waals surface area (Å²) in [7, 11) is 0. The van der Waals surface area contributed by atoms with E-state index in [1.165, 1.54) is 50.5 Å². The first-order chi connectivity index (χ1) is 8.79. The number of hydrogen-bond donors (Lipinski definition) is 2. The molecule has 0 bridgehead atoms. The van der Waals surface area contributed by atoms with Crippen molar-refractivity contribution in [1.82, 2.24) is 10.2 Å². The third-order valence-electron chi connectivity index (χ3n) is 4.12. The number of rotatable bonds is 8. The molecule has 2 rings (SSSR count). The molecule has 2 aliphatic rings. The summed E-state index contributed by atoms with van der Waals surface area (Å²) in [5.74, 6) is 0. The van der Waals surface area contributed by atoms with E-state index in [4.69, 9.17) is 0 Å². The summed E-state index contributed by atoms with van der Waals surface area (Å²) < 4.78 is 0. The van der Waals surface area contributed by atoms with Gasteiger partial charge in [0, 0.05) is 31.7 Å². The second-order valence-corrected chi connectivity index (χ2v) is 5.89. The maximum atomic E-state index is 9.22. The van der Waals surface area contributed by atoms with Crippen LogP contribution < -0.4 is 5.32 Å². The standard InChI is InChI=1S/C15H28N2O/c1-13(11-16-14-7-8-14)12-17(9-10-18)15-5-3-2-4-6-15/h14-16,18H,1-12H2. The Bertz CT molecular complexity index is 257. The minimum atomic E-state index is 0.264. The second kappa shape index (κ2) is 7.27. The first-order valence-corrected chi connectivity index (χ1v) is 7.54. The molecule has 0 radical (unpaired) electrons. The lowest BCUT2D eigenvalue weighted by Crippen LogP contribution is -2.41. The molecule has 0 aromatic rings. The van der Waals surface area contributed by atoms with E-state index >= 15 is 0 Å². The summed E-state index contributed by atoms with van der Waals surface area (Å²) in [6, 6.07) is 1.42. The lowest BCUT2D eigenvalue weighted by molar-refractivity contribution is 0.133. The molecule has 0 aromatic heterocycles. The van der Waals surface area contributed by atoms with Gasteiger partial charge in [-0.1, -0.05) is 25.8 Å². The van der Waals surface area contributed by atoms with Crippen molar-refractivity contribution in [3.05, 3.63) is 12.2 Å². The summed E-state index contributed by atoms with van der Waals surface area (Å²) in [6.45, 7) is 7.14. The zero-order valence-corrected chi connectivity index (χ0v) is 11.5. The molecule has 2 aliphatic carbocycles. The highest BCUT2D eigenvalue weighted by atomic mass is 16.3. The van der Waals surface area contributed by atoms with E-state index < -0.39 is 0 Å². The fraction of sp³-hybridized carbons (Fsp3) is 0.867. The molecule has 0 aliphatic heterocycles. The molecule has 0 saturated heterocycles. The summed E-state index contributed by atoms with van der Waals surface area (Å²) in [5.41, 5.74) is 1.26. The minimum absolute atomic E-state index is 0.264. The van der Waals surface area contributed by atoms with Crippen LogP contribution in [0.25, 0.3) is 0 Å². The van der Waals surface area contributed by atoms with Gasteiger partial charge in [0.1, 0.15) is 0 Å². The van der Waals surface area contributed by atoms with Crippen LogP contribution in [0.5, 0.6) is 0 Å². The van der Waals surface area contributed by atoms with Gasteiger partial charge in [-0.3, -0.25) is 4.90 Å². The quantitative estimate of drug-likeness (QED) is 0.648. The van der Waals surface area contributed by atoms with Crippen LogP contribution in [-0.4, -0.2) is 48.3 Å². The minimum Gasteiger partial charge on any atom is -0.395 e. The highest BCUT2D eigenvalue weighted by Gasteiger charge is 2.23. The molecule has 0 atom stereocenters. The molecule has 2 saturated carbocycles. The topological polar surface area (TPSA) is 35.5 Å². The lowest BCUT2D eigenvalue weighted by atomic mass is 9.94. The number of aliphatic hydroxyl groups excluding tert-OH is 1. The van der Waals surface area contributed by atoms with Crippen LogP contribution in [0.2, 0.25) is 0 Å². The highest BCUT2D eigenvalue weighted by Crippen LogP contribution is 2.23. The lowest BCUT2D eigenvalue weighted by Gasteiger charge is -2.34. The Morgan fingerprint density at radius 1 is 1.17 bits per heavy atom. The summed E-state index contributed by atoms with van der Waals surface area (Å²) >= 11 is 0. The number of aliphatic hydroxyl groups is 1. The number of nitrogens with one attached hydrogen (secondary N) is 1. The van der Waals surface area contributed by atoms with E-state index in [0.717, 1.165) is 25.7 Å². The molecule has 2 fully saturated rings. The maximum Gasteiger partial charge on any atom is 0.0558 e. The SMILES string of the molecule is C=C(CNC1CC1)CN(CCO)C1CCCCC1. The van der Waals surface area contributed by atoms with Gasteiger partial charge in [0.2, 0.25) is 0 Å². The summed E-state index contributed by atoms with van der Waals surface area (Å²) in [5, 5.41) is 12.7. The first kappa shape index (κ1) is 14.0. The first-order valence-electron chi connectivity index (χ1n) is 7.54. The van der Waals surface area contributed by atoms with Crippen molar-refractivity contribution < 1.29 is 5.11 Å². The van der Waals surface area contributed by atoms with Crippen LogP contribution in [-0.2, 0) is 0 Å². The Morgan fingerprint density at radius 3 is 2.50 bits per heavy atom. The van der Waals surface area contributed by atoms with Gasteiger partial charge >= 0.3 is 0 Å². The molecule has 18 heavy (non-hydrogen) atoms. The van der Waals surface area contributed by atoms with Gasteiger partial charge in [0.05, 0.1) is 6.61 Å². The predicted molar refractivity (Wildman–Crippen MR) is 75.7 cm³/mol. The van der Waals surface area contributed by atoms with Gasteiger partial charge < -0.3 is 10.4 Å². The molecule has 0 spiro atoms. The molecule has 104 valence electrons. The van der Waals surface area contributed by atoms with E-state index in [0.29, 0.717) is 6.04 Å². The zero-order valence-electron chi connectivity index (χ0n) is 11.5. The van der Waals surface area contributed by atoms with E-state index in [9.17, 15) is 5.11 Å². The van der Waals surface area contributed by atoms with Gasteiger partial charge in [0.25, 0.3) is 0 Å². The van der Waals surface area contributed by atoms with Crippen molar-refractivity contribution in [2.24, 2.45) is 0 Å². The highest BCUT2D eigenvalue weighted by molar-refractivity contribution is 5.02. The molecule has 0 amide bonds. The van der Waals surface area contributed by atoms with Crippen molar-refractivity contribution >= 4 is 0 Å². The predicted octanol–water partition coefficient (Wildman–Crippen LogP) is 1.92. The number of nitrogens with zero attached hydrogens (tertiary/aromatic N) is 1. The molecule has 0 heterocycles. The Morgan fingerprint density at radius 2 is 1.89 bits per heavy atom. The third kappa shape index (κ3) is 4.71. The monoisotopic (exact) mass is 252 g/mol. The fourth-order valence-corrected chi connectivity index (χ4v) is 2.88. The molecular formula is C15H28N2O. The fourth-order valence-electron chi connectivity index (χ4n) is 2.88. The van der Waals surface area contributed by atoms with Crippen molar-refractivity contribution in [1.29, 1.82) is 0 Å². The van der Waals surface area contributed by atoms with Crippen molar-refractivity contribution in [3.63, 3.8) is 0 Å². The molecule has 3 heteroatoms. The van der Waals surface area contributed by atoms with Crippen molar-refractivity contribution in [2.75, 3.05) is 26.2 Å². The van der Waals surface area contributed by atoms with Crippen molar-refractivity contribution in [3.8, 4) is 0 Å². The Balaban J connectivity index is 1.74. The van der Waals surface area contributed by atoms with E-state index in [1.54, 1.807) is 0 Å². The second-order valence-electron chi connectivity index (χ2n) is 5.89. The summed E-state index contributed by atoms with van der Waals surface area (Å²) in [4.78, 5) is 2.44. The average Bonchev–Trinajstić information content (AvgIpc) is 3.21. The van der Waals surface area contributed by atoms with Crippen molar-refractivity contribution in [2.45, 2.75) is 57.0 Å². The Kier molecular flexibility index (Phi) is 5.67. The Hall–Kier alpha value is -0.380. The Labute approximate surface area is 111 Å². The normalized spacial score (nSPS) is 21.4. The number of hydrogen-bond acceptors (Lipinski definition) is 3.